The Morgan fingerprint density at radius 2 is 1.70 bits per heavy atom. The highest BCUT2D eigenvalue weighted by Gasteiger charge is 2.26. The molecule has 0 atom stereocenters. The number of piperidine rings is 1. The van der Waals surface area contributed by atoms with Gasteiger partial charge in [0.2, 0.25) is 0 Å². The standard InChI is InChI=1S/C28H29N3O2/c1-30(2)22-12-14-31(15-13-22)28(32)25-18-27(29-26-7-5-4-6-24(25)26)21-9-8-20-17-23(33-3)11-10-19(20)16-21/h4-11,16-18,22H,12-15H2,1-3H3. The molecule has 0 spiro atoms. The number of pyridine rings is 1. The molecule has 1 fully saturated rings. The van der Waals surface area contributed by atoms with Crippen LogP contribution in [0.25, 0.3) is 32.9 Å². The summed E-state index contributed by atoms with van der Waals surface area (Å²) in [5.41, 5.74) is 3.39. The lowest BCUT2D eigenvalue weighted by atomic mass is 9.99. The average molecular weight is 440 g/mol. The van der Waals surface area contributed by atoms with E-state index in [0.717, 1.165) is 70.2 Å². The molecular formula is C28H29N3O2. The second kappa shape index (κ2) is 8.83. The van der Waals surface area contributed by atoms with Gasteiger partial charge in [0.05, 0.1) is 23.9 Å². The summed E-state index contributed by atoms with van der Waals surface area (Å²) in [6.45, 7) is 1.57. The van der Waals surface area contributed by atoms with Gasteiger partial charge in [-0.2, -0.15) is 0 Å². The SMILES string of the molecule is COc1ccc2cc(-c3cc(C(=O)N4CCC(N(C)C)CC4)c4ccccc4n3)ccc2c1. The van der Waals surface area contributed by atoms with Gasteiger partial charge in [0.15, 0.2) is 0 Å². The second-order valence-corrected chi connectivity index (χ2v) is 8.99. The molecule has 1 amide bonds. The van der Waals surface area contributed by atoms with Crippen molar-refractivity contribution in [3.05, 3.63) is 72.3 Å². The van der Waals surface area contributed by atoms with Crippen molar-refractivity contribution >= 4 is 27.6 Å². The average Bonchev–Trinajstić information content (AvgIpc) is 2.87. The van der Waals surface area contributed by atoms with Gasteiger partial charge in [-0.15, -0.1) is 0 Å². The van der Waals surface area contributed by atoms with Gasteiger partial charge in [-0.3, -0.25) is 4.79 Å². The predicted octanol–water partition coefficient (Wildman–Crippen LogP) is 5.23. The van der Waals surface area contributed by atoms with Gasteiger partial charge in [-0.25, -0.2) is 4.98 Å². The normalized spacial score (nSPS) is 14.8. The van der Waals surface area contributed by atoms with Crippen LogP contribution >= 0.6 is 0 Å². The molecule has 4 aromatic rings. The zero-order valence-corrected chi connectivity index (χ0v) is 19.4. The number of aromatic nitrogens is 1. The van der Waals surface area contributed by atoms with E-state index in [2.05, 4.69) is 43.3 Å². The maximum absolute atomic E-state index is 13.6. The molecule has 1 saturated heterocycles. The smallest absolute Gasteiger partial charge is 0.254 e. The van der Waals surface area contributed by atoms with Crippen LogP contribution in [-0.4, -0.2) is 61.0 Å². The summed E-state index contributed by atoms with van der Waals surface area (Å²) < 4.78 is 5.35. The van der Waals surface area contributed by atoms with Crippen LogP contribution in [0.5, 0.6) is 5.75 Å². The monoisotopic (exact) mass is 439 g/mol. The maximum Gasteiger partial charge on any atom is 0.254 e. The van der Waals surface area contributed by atoms with Crippen molar-refractivity contribution in [3.8, 4) is 17.0 Å². The molecule has 5 rings (SSSR count). The number of benzene rings is 3. The van der Waals surface area contributed by atoms with E-state index in [9.17, 15) is 4.79 Å². The Morgan fingerprint density at radius 1 is 0.970 bits per heavy atom. The van der Waals surface area contributed by atoms with E-state index in [1.54, 1.807) is 7.11 Å². The lowest BCUT2D eigenvalue weighted by molar-refractivity contribution is 0.0665. The molecule has 3 aromatic carbocycles. The van der Waals surface area contributed by atoms with Crippen molar-refractivity contribution in [2.45, 2.75) is 18.9 Å². The Bertz CT molecular complexity index is 1320. The first-order chi connectivity index (χ1) is 16.0. The van der Waals surface area contributed by atoms with Gasteiger partial charge in [0.25, 0.3) is 5.91 Å². The molecule has 0 unspecified atom stereocenters. The molecule has 5 heteroatoms. The molecule has 33 heavy (non-hydrogen) atoms. The van der Waals surface area contributed by atoms with Crippen LogP contribution < -0.4 is 4.74 Å². The van der Waals surface area contributed by atoms with Crippen LogP contribution in [0.4, 0.5) is 0 Å². The van der Waals surface area contributed by atoms with Gasteiger partial charge < -0.3 is 14.5 Å². The number of rotatable bonds is 4. The quantitative estimate of drug-likeness (QED) is 0.437. The summed E-state index contributed by atoms with van der Waals surface area (Å²) >= 11 is 0. The second-order valence-electron chi connectivity index (χ2n) is 8.99. The first-order valence-corrected chi connectivity index (χ1v) is 11.5. The summed E-state index contributed by atoms with van der Waals surface area (Å²) in [7, 11) is 5.91. The third-order valence-corrected chi connectivity index (χ3v) is 6.77. The molecule has 0 saturated carbocycles. The van der Waals surface area contributed by atoms with Gasteiger partial charge in [-0.1, -0.05) is 36.4 Å². The summed E-state index contributed by atoms with van der Waals surface area (Å²) in [6.07, 6.45) is 2.01. The van der Waals surface area contributed by atoms with Gasteiger partial charge >= 0.3 is 0 Å². The zero-order chi connectivity index (χ0) is 22.9. The van der Waals surface area contributed by atoms with Crippen LogP contribution in [0.3, 0.4) is 0 Å². The van der Waals surface area contributed by atoms with Crippen LogP contribution in [0, 0.1) is 0 Å². The Balaban J connectivity index is 1.54. The predicted molar refractivity (Wildman–Crippen MR) is 134 cm³/mol. The highest BCUT2D eigenvalue weighted by molar-refractivity contribution is 6.07. The van der Waals surface area contributed by atoms with Crippen molar-refractivity contribution in [2.75, 3.05) is 34.3 Å². The van der Waals surface area contributed by atoms with Gasteiger partial charge in [-0.05, 0) is 68.0 Å². The van der Waals surface area contributed by atoms with E-state index in [-0.39, 0.29) is 5.91 Å². The van der Waals surface area contributed by atoms with E-state index in [1.807, 2.05) is 47.4 Å². The number of amides is 1. The molecule has 1 aromatic heterocycles. The number of hydrogen-bond donors (Lipinski definition) is 0. The van der Waals surface area contributed by atoms with E-state index >= 15 is 0 Å². The molecule has 0 radical (unpaired) electrons. The highest BCUT2D eigenvalue weighted by atomic mass is 16.5. The molecule has 2 heterocycles. The minimum Gasteiger partial charge on any atom is -0.497 e. The van der Waals surface area contributed by atoms with E-state index in [1.165, 1.54) is 0 Å². The largest absolute Gasteiger partial charge is 0.497 e. The van der Waals surface area contributed by atoms with Gasteiger partial charge in [0.1, 0.15) is 5.75 Å². The molecule has 1 aliphatic heterocycles. The van der Waals surface area contributed by atoms with Crippen molar-refractivity contribution in [1.82, 2.24) is 14.8 Å². The Morgan fingerprint density at radius 3 is 2.45 bits per heavy atom. The number of nitrogens with zero attached hydrogens (tertiary/aromatic N) is 3. The minimum atomic E-state index is 0.0950. The molecule has 168 valence electrons. The third-order valence-electron chi connectivity index (χ3n) is 6.77. The molecule has 1 aliphatic rings. The molecular weight excluding hydrogens is 410 g/mol. The van der Waals surface area contributed by atoms with E-state index in [4.69, 9.17) is 9.72 Å². The van der Waals surface area contributed by atoms with Gasteiger partial charge in [0, 0.05) is 30.1 Å². The Hall–Kier alpha value is -3.44. The number of para-hydroxylation sites is 1. The topological polar surface area (TPSA) is 45.7 Å². The number of hydrogen-bond acceptors (Lipinski definition) is 4. The lowest BCUT2D eigenvalue weighted by Gasteiger charge is -2.35. The fourth-order valence-corrected chi connectivity index (χ4v) is 4.77. The minimum absolute atomic E-state index is 0.0950. The molecule has 5 nitrogen and oxygen atoms in total. The first kappa shape index (κ1) is 21.4. The van der Waals surface area contributed by atoms with E-state index in [0.29, 0.717) is 6.04 Å². The number of methoxy groups -OCH3 is 1. The number of ether oxygens (including phenoxy) is 1. The Kier molecular flexibility index (Phi) is 5.73. The summed E-state index contributed by atoms with van der Waals surface area (Å²) in [5, 5.41) is 3.13. The van der Waals surface area contributed by atoms with Crippen molar-refractivity contribution < 1.29 is 9.53 Å². The number of carbonyl (C=O) groups is 1. The molecule has 0 bridgehead atoms. The van der Waals surface area contributed by atoms with Crippen molar-refractivity contribution in [2.24, 2.45) is 0 Å². The number of carbonyl (C=O) groups excluding carboxylic acids is 1. The zero-order valence-electron chi connectivity index (χ0n) is 19.4. The fraction of sp³-hybridized carbons (Fsp3) is 0.286. The fourth-order valence-electron chi connectivity index (χ4n) is 4.77. The highest BCUT2D eigenvalue weighted by Crippen LogP contribution is 2.30. The van der Waals surface area contributed by atoms with Crippen LogP contribution in [0.2, 0.25) is 0 Å². The third kappa shape index (κ3) is 4.16. The maximum atomic E-state index is 13.6. The summed E-state index contributed by atoms with van der Waals surface area (Å²) in [6, 6.07) is 22.8. The first-order valence-electron chi connectivity index (χ1n) is 11.5. The van der Waals surface area contributed by atoms with Crippen LogP contribution in [0.1, 0.15) is 23.2 Å². The van der Waals surface area contributed by atoms with Crippen LogP contribution in [-0.2, 0) is 0 Å². The lowest BCUT2D eigenvalue weighted by Crippen LogP contribution is -2.44. The van der Waals surface area contributed by atoms with Crippen molar-refractivity contribution in [1.29, 1.82) is 0 Å². The van der Waals surface area contributed by atoms with Crippen LogP contribution in [0.15, 0.2) is 66.7 Å². The number of fused-ring (bicyclic) bond motifs is 2. The molecule has 0 N–H and O–H groups in total. The van der Waals surface area contributed by atoms with Crippen molar-refractivity contribution in [3.63, 3.8) is 0 Å². The number of likely N-dealkylation sites (tertiary alicyclic amines) is 1. The van der Waals surface area contributed by atoms with E-state index < -0.39 is 0 Å². The Labute approximate surface area is 194 Å². The summed E-state index contributed by atoms with van der Waals surface area (Å²) in [5.74, 6) is 0.933. The molecule has 0 aliphatic carbocycles. The summed E-state index contributed by atoms with van der Waals surface area (Å²) in [4.78, 5) is 22.8.